The molecule has 7 nitrogen and oxygen atoms in total. The number of rotatable bonds is 5. The van der Waals surface area contributed by atoms with Crippen LogP contribution in [-0.2, 0) is 16.9 Å². The van der Waals surface area contributed by atoms with Crippen molar-refractivity contribution in [2.45, 2.75) is 17.4 Å². The highest BCUT2D eigenvalue weighted by molar-refractivity contribution is 7.98. The average Bonchev–Trinajstić information content (AvgIpc) is 3.47. The van der Waals surface area contributed by atoms with Crippen molar-refractivity contribution in [2.24, 2.45) is 0 Å². The molecule has 0 N–H and O–H groups in total. The minimum absolute atomic E-state index is 0.0544. The van der Waals surface area contributed by atoms with Gasteiger partial charge in [0.25, 0.3) is 11.1 Å². The van der Waals surface area contributed by atoms with Crippen molar-refractivity contribution < 1.29 is 18.7 Å². The maximum atomic E-state index is 12.5. The summed E-state index contributed by atoms with van der Waals surface area (Å²) in [7, 11) is 0. The number of carbonyl (C=O) groups is 1. The van der Waals surface area contributed by atoms with E-state index in [-0.39, 0.29) is 5.91 Å². The first-order valence-electron chi connectivity index (χ1n) is 9.95. The molecule has 0 spiro atoms. The maximum absolute atomic E-state index is 12.5. The Bertz CT molecular complexity index is 1040. The molecule has 1 fully saturated rings. The zero-order valence-electron chi connectivity index (χ0n) is 16.4. The van der Waals surface area contributed by atoms with E-state index in [4.69, 9.17) is 13.9 Å². The SMILES string of the molecule is O=C(c1ccc(CSc2nnc(-c3ccc4c(c3)CCO4)o2)cc1)N1CCOCC1. The molecule has 2 aromatic carbocycles. The van der Waals surface area contributed by atoms with Gasteiger partial charge in [-0.25, -0.2) is 0 Å². The zero-order valence-corrected chi connectivity index (χ0v) is 17.2. The van der Waals surface area contributed by atoms with Gasteiger partial charge in [-0.2, -0.15) is 0 Å². The van der Waals surface area contributed by atoms with Gasteiger partial charge in [0.05, 0.1) is 19.8 Å². The van der Waals surface area contributed by atoms with Crippen molar-refractivity contribution in [3.8, 4) is 17.2 Å². The Morgan fingerprint density at radius 1 is 1.03 bits per heavy atom. The molecule has 8 heteroatoms. The van der Waals surface area contributed by atoms with Crippen LogP contribution in [0, 0.1) is 0 Å². The number of fused-ring (bicyclic) bond motifs is 1. The van der Waals surface area contributed by atoms with Gasteiger partial charge in [0, 0.05) is 36.4 Å². The summed E-state index contributed by atoms with van der Waals surface area (Å²) in [5, 5.41) is 8.85. The molecule has 0 radical (unpaired) electrons. The summed E-state index contributed by atoms with van der Waals surface area (Å²) >= 11 is 1.48. The summed E-state index contributed by atoms with van der Waals surface area (Å²) in [6, 6.07) is 13.6. The number of amides is 1. The lowest BCUT2D eigenvalue weighted by Gasteiger charge is -2.26. The summed E-state index contributed by atoms with van der Waals surface area (Å²) in [4.78, 5) is 14.4. The van der Waals surface area contributed by atoms with Crippen molar-refractivity contribution in [2.75, 3.05) is 32.9 Å². The van der Waals surface area contributed by atoms with Gasteiger partial charge in [-0.3, -0.25) is 4.79 Å². The fourth-order valence-electron chi connectivity index (χ4n) is 3.54. The first-order chi connectivity index (χ1) is 14.8. The second-order valence-electron chi connectivity index (χ2n) is 7.18. The van der Waals surface area contributed by atoms with Gasteiger partial charge in [-0.1, -0.05) is 23.9 Å². The molecule has 2 aliphatic rings. The van der Waals surface area contributed by atoms with E-state index in [0.29, 0.717) is 48.7 Å². The van der Waals surface area contributed by atoms with Crippen molar-refractivity contribution in [3.63, 3.8) is 0 Å². The van der Waals surface area contributed by atoms with Crippen LogP contribution in [0.5, 0.6) is 5.75 Å². The van der Waals surface area contributed by atoms with E-state index < -0.39 is 0 Å². The molecule has 0 bridgehead atoms. The number of carbonyl (C=O) groups excluding carboxylic acids is 1. The molecule has 3 aromatic rings. The number of ether oxygens (including phenoxy) is 2. The van der Waals surface area contributed by atoms with Gasteiger partial charge in [0.2, 0.25) is 5.89 Å². The molecule has 2 aliphatic heterocycles. The molecule has 30 heavy (non-hydrogen) atoms. The minimum Gasteiger partial charge on any atom is -0.493 e. The summed E-state index contributed by atoms with van der Waals surface area (Å²) in [6.07, 6.45) is 0.906. The van der Waals surface area contributed by atoms with Crippen LogP contribution in [0.3, 0.4) is 0 Å². The van der Waals surface area contributed by atoms with Crippen LogP contribution in [-0.4, -0.2) is 53.9 Å². The molecule has 1 aromatic heterocycles. The average molecular weight is 423 g/mol. The van der Waals surface area contributed by atoms with Crippen LogP contribution < -0.4 is 4.74 Å². The molecule has 0 unspecified atom stereocenters. The van der Waals surface area contributed by atoms with E-state index in [1.165, 1.54) is 17.3 Å². The van der Waals surface area contributed by atoms with Crippen LogP contribution in [0.1, 0.15) is 21.5 Å². The highest BCUT2D eigenvalue weighted by Gasteiger charge is 2.19. The van der Waals surface area contributed by atoms with E-state index in [1.54, 1.807) is 0 Å². The van der Waals surface area contributed by atoms with Crippen molar-refractivity contribution in [3.05, 3.63) is 59.2 Å². The Morgan fingerprint density at radius 2 is 1.87 bits per heavy atom. The van der Waals surface area contributed by atoms with Gasteiger partial charge in [0.15, 0.2) is 0 Å². The highest BCUT2D eigenvalue weighted by Crippen LogP contribution is 2.31. The van der Waals surface area contributed by atoms with Crippen LogP contribution >= 0.6 is 11.8 Å². The van der Waals surface area contributed by atoms with Gasteiger partial charge in [-0.05, 0) is 41.5 Å². The van der Waals surface area contributed by atoms with Gasteiger partial charge in [-0.15, -0.1) is 10.2 Å². The number of thioether (sulfide) groups is 1. The topological polar surface area (TPSA) is 77.7 Å². The molecular formula is C22H21N3O4S. The minimum atomic E-state index is 0.0544. The third-order valence-electron chi connectivity index (χ3n) is 5.20. The second kappa shape index (κ2) is 8.49. The normalized spacial score (nSPS) is 15.7. The summed E-state index contributed by atoms with van der Waals surface area (Å²) in [6.45, 7) is 3.22. The van der Waals surface area contributed by atoms with Crippen LogP contribution in [0.4, 0.5) is 0 Å². The number of hydrogen-bond donors (Lipinski definition) is 0. The molecule has 5 rings (SSSR count). The van der Waals surface area contributed by atoms with Crippen LogP contribution in [0.2, 0.25) is 0 Å². The number of aromatic nitrogens is 2. The first kappa shape index (κ1) is 19.1. The third kappa shape index (κ3) is 4.06. The largest absolute Gasteiger partial charge is 0.493 e. The van der Waals surface area contributed by atoms with E-state index in [0.717, 1.165) is 29.9 Å². The Morgan fingerprint density at radius 3 is 2.70 bits per heavy atom. The molecule has 3 heterocycles. The molecule has 154 valence electrons. The Labute approximate surface area is 178 Å². The quantitative estimate of drug-likeness (QED) is 0.582. The first-order valence-corrected chi connectivity index (χ1v) is 10.9. The zero-order chi connectivity index (χ0) is 20.3. The summed E-state index contributed by atoms with van der Waals surface area (Å²) < 4.78 is 16.7. The van der Waals surface area contributed by atoms with Crippen molar-refractivity contribution >= 4 is 17.7 Å². The lowest BCUT2D eigenvalue weighted by Crippen LogP contribution is -2.40. The maximum Gasteiger partial charge on any atom is 0.277 e. The Balaban J connectivity index is 1.20. The predicted molar refractivity (Wildman–Crippen MR) is 112 cm³/mol. The predicted octanol–water partition coefficient (Wildman–Crippen LogP) is 3.44. The van der Waals surface area contributed by atoms with E-state index >= 15 is 0 Å². The van der Waals surface area contributed by atoms with E-state index in [1.807, 2.05) is 41.3 Å². The highest BCUT2D eigenvalue weighted by atomic mass is 32.2. The Hall–Kier alpha value is -2.84. The second-order valence-corrected chi connectivity index (χ2v) is 8.11. The van der Waals surface area contributed by atoms with Crippen molar-refractivity contribution in [1.29, 1.82) is 0 Å². The molecule has 0 atom stereocenters. The summed E-state index contributed by atoms with van der Waals surface area (Å²) in [5.41, 5.74) is 3.87. The van der Waals surface area contributed by atoms with Crippen molar-refractivity contribution in [1.82, 2.24) is 15.1 Å². The van der Waals surface area contributed by atoms with Crippen LogP contribution in [0.25, 0.3) is 11.5 Å². The monoisotopic (exact) mass is 423 g/mol. The molecule has 1 amide bonds. The molecule has 1 saturated heterocycles. The lowest BCUT2D eigenvalue weighted by atomic mass is 10.1. The number of nitrogens with zero attached hydrogens (tertiary/aromatic N) is 3. The molecule has 0 aliphatic carbocycles. The van der Waals surface area contributed by atoms with E-state index in [9.17, 15) is 4.79 Å². The number of hydrogen-bond acceptors (Lipinski definition) is 7. The fraction of sp³-hybridized carbons (Fsp3) is 0.318. The van der Waals surface area contributed by atoms with E-state index in [2.05, 4.69) is 16.3 Å². The smallest absolute Gasteiger partial charge is 0.277 e. The Kier molecular flexibility index (Phi) is 5.42. The van der Waals surface area contributed by atoms with Gasteiger partial charge >= 0.3 is 0 Å². The third-order valence-corrected chi connectivity index (χ3v) is 6.09. The van der Waals surface area contributed by atoms with Crippen LogP contribution in [0.15, 0.2) is 52.1 Å². The van der Waals surface area contributed by atoms with Gasteiger partial charge in [0.1, 0.15) is 5.75 Å². The molecule has 0 saturated carbocycles. The number of morpholine rings is 1. The standard InChI is InChI=1S/C22H21N3O4S/c26-21(25-8-11-27-12-9-25)16-3-1-15(2-4-16)14-30-22-24-23-20(29-22)18-5-6-19-17(13-18)7-10-28-19/h1-6,13H,7-12,14H2. The fourth-order valence-corrected chi connectivity index (χ4v) is 4.26. The molecular weight excluding hydrogens is 402 g/mol. The lowest BCUT2D eigenvalue weighted by molar-refractivity contribution is 0.0303. The number of benzene rings is 2. The van der Waals surface area contributed by atoms with Gasteiger partial charge < -0.3 is 18.8 Å². The summed E-state index contributed by atoms with van der Waals surface area (Å²) in [5.74, 6) is 2.19.